The van der Waals surface area contributed by atoms with Crippen LogP contribution < -0.4 is 0 Å². The summed E-state index contributed by atoms with van der Waals surface area (Å²) in [7, 11) is 0. The molecule has 0 heteroatoms. The van der Waals surface area contributed by atoms with Crippen molar-refractivity contribution in [1.82, 2.24) is 0 Å². The van der Waals surface area contributed by atoms with Gasteiger partial charge < -0.3 is 0 Å². The number of benzene rings is 15. The Kier molecular flexibility index (Phi) is 12.7. The molecular formula is C100H78. The second-order valence-corrected chi connectivity index (χ2v) is 31.7. The van der Waals surface area contributed by atoms with Gasteiger partial charge in [0.05, 0.1) is 0 Å². The quantitative estimate of drug-likeness (QED) is 0.146. The van der Waals surface area contributed by atoms with Crippen LogP contribution in [-0.4, -0.2) is 0 Å². The molecule has 0 atom stereocenters. The van der Waals surface area contributed by atoms with Crippen LogP contribution in [0.1, 0.15) is 86.5 Å². The molecule has 0 saturated heterocycles. The normalized spacial score (nSPS) is 24.3. The van der Waals surface area contributed by atoms with Gasteiger partial charge in [0.15, 0.2) is 0 Å². The van der Waals surface area contributed by atoms with Crippen molar-refractivity contribution in [2.45, 2.75) is 75.0 Å². The fourth-order valence-electron chi connectivity index (χ4n) is 23.9. The monoisotopic (exact) mass is 1280 g/mol. The van der Waals surface area contributed by atoms with Gasteiger partial charge in [-0.3, -0.25) is 0 Å². The Morgan fingerprint density at radius 3 is 0.860 bits per heavy atom. The van der Waals surface area contributed by atoms with Crippen molar-refractivity contribution in [1.29, 1.82) is 0 Å². The third-order valence-electron chi connectivity index (χ3n) is 27.1. The van der Waals surface area contributed by atoms with Gasteiger partial charge in [0.2, 0.25) is 0 Å². The molecule has 0 N–H and O–H groups in total. The Balaban J connectivity index is 0.000000128. The van der Waals surface area contributed by atoms with E-state index in [0.717, 1.165) is 47.3 Å². The first-order valence-electron chi connectivity index (χ1n) is 37.6. The molecule has 8 saturated carbocycles. The SMILES string of the molecule is c1ccc(-c2c3ccccc3c(-c3ccc(-c4ccc5c(c4)C4(c6ccccc6-5)C5CC6CC(C5)CC4C6)cc3)c3ccccc23)cc1.c1ccc2c(c1)-c1ccc(-c3ccc(-c4c5ccccc5c(-c5cccc6ccccc56)c5ccccc45)cc3)cc1C21C2CC3CC(C2)CC1C3. The van der Waals surface area contributed by atoms with Crippen LogP contribution in [-0.2, 0) is 10.8 Å². The smallest absolute Gasteiger partial charge is 0.0272 e. The van der Waals surface area contributed by atoms with E-state index < -0.39 is 0 Å². The molecule has 0 heterocycles. The number of hydrogen-bond donors (Lipinski definition) is 0. The largest absolute Gasteiger partial charge is 0.0622 e. The van der Waals surface area contributed by atoms with E-state index in [9.17, 15) is 0 Å². The van der Waals surface area contributed by atoms with Crippen LogP contribution in [0.2, 0.25) is 0 Å². The van der Waals surface area contributed by atoms with Gasteiger partial charge >= 0.3 is 0 Å². The van der Waals surface area contributed by atoms with E-state index in [1.54, 1.807) is 22.3 Å². The summed E-state index contributed by atoms with van der Waals surface area (Å²) in [6, 6.07) is 115. The Bertz CT molecular complexity index is 5690. The highest BCUT2D eigenvalue weighted by atomic mass is 14.7. The highest BCUT2D eigenvalue weighted by Crippen LogP contribution is 2.71. The van der Waals surface area contributed by atoms with Crippen LogP contribution in [0.15, 0.2) is 303 Å². The first kappa shape index (κ1) is 57.5. The van der Waals surface area contributed by atoms with Crippen molar-refractivity contribution in [2.24, 2.45) is 47.3 Å². The second kappa shape index (κ2) is 22.0. The van der Waals surface area contributed by atoms with Crippen LogP contribution in [0.25, 0.3) is 143 Å². The summed E-state index contributed by atoms with van der Waals surface area (Å²) < 4.78 is 0. The Morgan fingerprint density at radius 2 is 0.460 bits per heavy atom. The van der Waals surface area contributed by atoms with Gasteiger partial charge in [-0.1, -0.05) is 291 Å². The summed E-state index contributed by atoms with van der Waals surface area (Å²) in [6.45, 7) is 0. The lowest BCUT2D eigenvalue weighted by atomic mass is 9.43. The lowest BCUT2D eigenvalue weighted by molar-refractivity contribution is -0.0399. The molecule has 10 aliphatic carbocycles. The molecule has 0 aromatic heterocycles. The molecule has 8 bridgehead atoms. The number of hydrogen-bond acceptors (Lipinski definition) is 0. The van der Waals surface area contributed by atoms with Crippen LogP contribution in [0.5, 0.6) is 0 Å². The van der Waals surface area contributed by atoms with Crippen LogP contribution in [0.4, 0.5) is 0 Å². The maximum atomic E-state index is 2.62. The third-order valence-corrected chi connectivity index (χ3v) is 27.1. The van der Waals surface area contributed by atoms with Crippen molar-refractivity contribution in [3.05, 3.63) is 326 Å². The van der Waals surface area contributed by atoms with Gasteiger partial charge in [-0.25, -0.2) is 0 Å². The number of rotatable bonds is 6. The van der Waals surface area contributed by atoms with Crippen molar-refractivity contribution in [3.63, 3.8) is 0 Å². The fourth-order valence-corrected chi connectivity index (χ4v) is 23.9. The Morgan fingerprint density at radius 1 is 0.180 bits per heavy atom. The molecule has 0 amide bonds. The highest BCUT2D eigenvalue weighted by Gasteiger charge is 2.63. The van der Waals surface area contributed by atoms with Gasteiger partial charge in [0.1, 0.15) is 0 Å². The zero-order chi connectivity index (χ0) is 65.4. The molecule has 10 aliphatic rings. The molecule has 0 nitrogen and oxygen atoms in total. The average molecular weight is 1280 g/mol. The van der Waals surface area contributed by atoms with Gasteiger partial charge in [0.25, 0.3) is 0 Å². The summed E-state index contributed by atoms with van der Waals surface area (Å²) in [4.78, 5) is 0. The molecule has 100 heavy (non-hydrogen) atoms. The molecule has 2 spiro atoms. The summed E-state index contributed by atoms with van der Waals surface area (Å²) >= 11 is 0. The summed E-state index contributed by atoms with van der Waals surface area (Å²) in [5, 5.41) is 13.0. The van der Waals surface area contributed by atoms with Crippen molar-refractivity contribution < 1.29 is 0 Å². The Labute approximate surface area is 587 Å². The zero-order valence-corrected chi connectivity index (χ0v) is 56.6. The molecule has 0 unspecified atom stereocenters. The van der Waals surface area contributed by atoms with E-state index in [4.69, 9.17) is 0 Å². The van der Waals surface area contributed by atoms with E-state index >= 15 is 0 Å². The molecule has 8 fully saturated rings. The van der Waals surface area contributed by atoms with Crippen molar-refractivity contribution in [2.75, 3.05) is 0 Å². The standard InChI is InChI=1S/C52H40.C48H38/c1-2-12-40-35(10-1)11-9-18-43(40)51-46-16-5-3-14-44(46)50(45-15-4-6-17-47(45)51)36-22-20-34(21-23-36)37-24-25-42-41-13-7-8-19-48(41)52(49(42)31-37)38-27-32-26-33(29-38)30-39(52)28-32;1-2-10-33(11-3-1)46-40-13-4-6-15-42(40)47(43-16-7-5-14-41(43)46)34-20-18-32(19-21-34)35-22-23-39-38-12-8-9-17-44(38)48(45(39)29-35)36-25-30-24-31(27-36)28-37(48)26-30/h1-25,31-33,38-39H,26-30H2;1-23,29-31,36-37H,24-28H2. The van der Waals surface area contributed by atoms with Crippen LogP contribution in [0.3, 0.4) is 0 Å². The summed E-state index contributed by atoms with van der Waals surface area (Å²) in [5.41, 5.74) is 28.6. The molecule has 0 radical (unpaired) electrons. The summed E-state index contributed by atoms with van der Waals surface area (Å²) in [5.74, 6) is 6.95. The van der Waals surface area contributed by atoms with Gasteiger partial charge in [-0.2, -0.15) is 0 Å². The van der Waals surface area contributed by atoms with E-state index in [-0.39, 0.29) is 10.8 Å². The van der Waals surface area contributed by atoms with Gasteiger partial charge in [-0.15, -0.1) is 0 Å². The Hall–Kier alpha value is -10.4. The summed E-state index contributed by atoms with van der Waals surface area (Å²) in [6.07, 6.45) is 14.3. The topological polar surface area (TPSA) is 0 Å². The van der Waals surface area contributed by atoms with E-state index in [1.807, 2.05) is 0 Å². The first-order chi connectivity index (χ1) is 49.5. The van der Waals surface area contributed by atoms with Gasteiger partial charge in [0, 0.05) is 10.8 Å². The third kappa shape index (κ3) is 8.23. The molecule has 478 valence electrons. The predicted octanol–water partition coefficient (Wildman–Crippen LogP) is 26.6. The molecule has 15 aromatic carbocycles. The minimum absolute atomic E-state index is 0.193. The molecule has 0 aliphatic heterocycles. The van der Waals surface area contributed by atoms with E-state index in [0.29, 0.717) is 0 Å². The molecule has 25 rings (SSSR count). The minimum atomic E-state index is 0.193. The van der Waals surface area contributed by atoms with E-state index in [1.165, 1.54) is 207 Å². The fraction of sp³-hybridized carbons (Fsp3) is 0.200. The zero-order valence-electron chi connectivity index (χ0n) is 56.6. The van der Waals surface area contributed by atoms with Crippen molar-refractivity contribution >= 4 is 53.9 Å². The molecular weight excluding hydrogens is 1200 g/mol. The first-order valence-corrected chi connectivity index (χ1v) is 37.6. The van der Waals surface area contributed by atoms with Crippen molar-refractivity contribution in [3.8, 4) is 89.0 Å². The maximum absolute atomic E-state index is 2.62. The lowest BCUT2D eigenvalue weighted by Crippen LogP contribution is -2.55. The van der Waals surface area contributed by atoms with E-state index in [2.05, 4.69) is 303 Å². The number of fused-ring (bicyclic) bond motifs is 11. The predicted molar refractivity (Wildman–Crippen MR) is 420 cm³/mol. The molecule has 15 aromatic rings. The minimum Gasteiger partial charge on any atom is -0.0622 e. The van der Waals surface area contributed by atoms with Crippen LogP contribution in [0, 0.1) is 47.3 Å². The average Bonchev–Trinajstić information content (AvgIpc) is 1.50. The highest BCUT2D eigenvalue weighted by molar-refractivity contribution is 6.24. The van der Waals surface area contributed by atoms with Crippen LogP contribution >= 0.6 is 0 Å². The second-order valence-electron chi connectivity index (χ2n) is 31.7. The maximum Gasteiger partial charge on any atom is 0.0272 e. The van der Waals surface area contributed by atoms with Gasteiger partial charge in [-0.05, 0) is 289 Å². The lowest BCUT2D eigenvalue weighted by Gasteiger charge is -2.61.